The molecule has 0 saturated carbocycles. The van der Waals surface area contributed by atoms with Gasteiger partial charge >= 0.3 is 0 Å². The first-order valence-electron chi connectivity index (χ1n) is 3.45. The SMILES string of the molecule is C=CC(C=C)=C(C)/C(Br)=C\C. The minimum absolute atomic E-state index is 1.06. The standard InChI is InChI=1S/C10H13Br/c1-5-9(6-2)8(4)10(11)7-3/h5-7H,1-2H2,3-4H3/b10-7+. The van der Waals surface area contributed by atoms with Crippen molar-refractivity contribution in [1.82, 2.24) is 0 Å². The highest BCUT2D eigenvalue weighted by atomic mass is 79.9. The lowest BCUT2D eigenvalue weighted by Gasteiger charge is -2.01. The van der Waals surface area contributed by atoms with E-state index in [1.54, 1.807) is 12.2 Å². The molecule has 0 aliphatic heterocycles. The van der Waals surface area contributed by atoms with Crippen molar-refractivity contribution in [2.75, 3.05) is 0 Å². The molecule has 0 aromatic heterocycles. The van der Waals surface area contributed by atoms with Crippen molar-refractivity contribution in [2.45, 2.75) is 13.8 Å². The van der Waals surface area contributed by atoms with Gasteiger partial charge in [0.05, 0.1) is 0 Å². The number of hydrogen-bond acceptors (Lipinski definition) is 0. The third-order valence-electron chi connectivity index (χ3n) is 1.48. The Hall–Kier alpha value is -0.560. The summed E-state index contributed by atoms with van der Waals surface area (Å²) in [6, 6.07) is 0. The molecule has 60 valence electrons. The summed E-state index contributed by atoms with van der Waals surface area (Å²) >= 11 is 3.43. The van der Waals surface area contributed by atoms with E-state index in [0.29, 0.717) is 0 Å². The van der Waals surface area contributed by atoms with Crippen molar-refractivity contribution < 1.29 is 0 Å². The summed E-state index contributed by atoms with van der Waals surface area (Å²) in [4.78, 5) is 0. The maximum absolute atomic E-state index is 3.69. The first kappa shape index (κ1) is 10.4. The molecule has 0 fully saturated rings. The molecule has 0 saturated heterocycles. The highest BCUT2D eigenvalue weighted by Crippen LogP contribution is 2.20. The van der Waals surface area contributed by atoms with E-state index in [1.807, 2.05) is 19.9 Å². The van der Waals surface area contributed by atoms with Gasteiger partial charge in [0.2, 0.25) is 0 Å². The number of allylic oxidation sites excluding steroid dienone is 6. The first-order valence-corrected chi connectivity index (χ1v) is 4.24. The van der Waals surface area contributed by atoms with Crippen LogP contribution in [0.15, 0.2) is 47.0 Å². The van der Waals surface area contributed by atoms with Crippen molar-refractivity contribution in [1.29, 1.82) is 0 Å². The fourth-order valence-corrected chi connectivity index (χ4v) is 0.973. The summed E-state index contributed by atoms with van der Waals surface area (Å²) in [5.74, 6) is 0. The fraction of sp³-hybridized carbons (Fsp3) is 0.200. The van der Waals surface area contributed by atoms with Crippen molar-refractivity contribution in [3.63, 3.8) is 0 Å². The van der Waals surface area contributed by atoms with E-state index in [2.05, 4.69) is 29.1 Å². The highest BCUT2D eigenvalue weighted by Gasteiger charge is 1.96. The molecule has 0 heterocycles. The van der Waals surface area contributed by atoms with Crippen LogP contribution < -0.4 is 0 Å². The normalized spacial score (nSPS) is 10.6. The molecule has 0 aliphatic carbocycles. The summed E-state index contributed by atoms with van der Waals surface area (Å²) in [6.45, 7) is 11.4. The van der Waals surface area contributed by atoms with Crippen LogP contribution in [0.3, 0.4) is 0 Å². The average molecular weight is 213 g/mol. The predicted octanol–water partition coefficient (Wildman–Crippen LogP) is 3.97. The lowest BCUT2D eigenvalue weighted by molar-refractivity contribution is 1.43. The lowest BCUT2D eigenvalue weighted by Crippen LogP contribution is -1.80. The molecule has 0 unspecified atom stereocenters. The van der Waals surface area contributed by atoms with Gasteiger partial charge in [-0.1, -0.05) is 47.3 Å². The maximum Gasteiger partial charge on any atom is 0.0167 e. The Labute approximate surface area is 77.1 Å². The number of hydrogen-bond donors (Lipinski definition) is 0. The molecule has 0 bridgehead atoms. The fourth-order valence-electron chi connectivity index (χ4n) is 0.744. The summed E-state index contributed by atoms with van der Waals surface area (Å²) < 4.78 is 1.09. The van der Waals surface area contributed by atoms with Crippen LogP contribution in [0.4, 0.5) is 0 Å². The second kappa shape index (κ2) is 5.14. The molecule has 0 radical (unpaired) electrons. The van der Waals surface area contributed by atoms with Gasteiger partial charge in [-0.15, -0.1) is 0 Å². The molecule has 0 atom stereocenters. The second-order valence-corrected chi connectivity index (χ2v) is 2.98. The summed E-state index contributed by atoms with van der Waals surface area (Å²) in [5.41, 5.74) is 2.23. The van der Waals surface area contributed by atoms with Crippen molar-refractivity contribution in [3.8, 4) is 0 Å². The van der Waals surface area contributed by atoms with Gasteiger partial charge in [-0.2, -0.15) is 0 Å². The largest absolute Gasteiger partial charge is 0.0985 e. The molecular weight excluding hydrogens is 200 g/mol. The van der Waals surface area contributed by atoms with Crippen LogP contribution in [0.1, 0.15) is 13.8 Å². The average Bonchev–Trinajstić information content (AvgIpc) is 2.05. The summed E-state index contributed by atoms with van der Waals surface area (Å²) in [7, 11) is 0. The topological polar surface area (TPSA) is 0 Å². The van der Waals surface area contributed by atoms with Crippen molar-refractivity contribution in [3.05, 3.63) is 47.0 Å². The third-order valence-corrected chi connectivity index (χ3v) is 2.54. The van der Waals surface area contributed by atoms with Gasteiger partial charge in [0.25, 0.3) is 0 Å². The van der Waals surface area contributed by atoms with Crippen LogP contribution in [0.25, 0.3) is 0 Å². The summed E-state index contributed by atoms with van der Waals surface area (Å²) in [6.07, 6.45) is 5.60. The van der Waals surface area contributed by atoms with Gasteiger partial charge in [0.15, 0.2) is 0 Å². The van der Waals surface area contributed by atoms with E-state index < -0.39 is 0 Å². The van der Waals surface area contributed by atoms with Crippen molar-refractivity contribution in [2.24, 2.45) is 0 Å². The van der Waals surface area contributed by atoms with Crippen LogP contribution >= 0.6 is 15.9 Å². The molecule has 1 heteroatoms. The Bertz CT molecular complexity index is 209. The molecule has 0 rings (SSSR count). The maximum atomic E-state index is 3.69. The van der Waals surface area contributed by atoms with Crippen LogP contribution in [-0.4, -0.2) is 0 Å². The Kier molecular flexibility index (Phi) is 4.88. The second-order valence-electron chi connectivity index (χ2n) is 2.13. The van der Waals surface area contributed by atoms with Crippen LogP contribution in [0.2, 0.25) is 0 Å². The monoisotopic (exact) mass is 212 g/mol. The van der Waals surface area contributed by atoms with Crippen molar-refractivity contribution >= 4 is 15.9 Å². The van der Waals surface area contributed by atoms with Crippen LogP contribution in [0, 0.1) is 0 Å². The molecule has 0 aromatic carbocycles. The molecule has 0 spiro atoms. The number of rotatable bonds is 3. The predicted molar refractivity (Wildman–Crippen MR) is 55.8 cm³/mol. The van der Waals surface area contributed by atoms with E-state index in [0.717, 1.165) is 15.6 Å². The minimum atomic E-state index is 1.06. The van der Waals surface area contributed by atoms with E-state index in [4.69, 9.17) is 0 Å². The van der Waals surface area contributed by atoms with Gasteiger partial charge in [-0.25, -0.2) is 0 Å². The molecule has 0 N–H and O–H groups in total. The molecule has 0 amide bonds. The first-order chi connectivity index (χ1) is 5.17. The smallest absolute Gasteiger partial charge is 0.0167 e. The van der Waals surface area contributed by atoms with Crippen LogP contribution in [0.5, 0.6) is 0 Å². The van der Waals surface area contributed by atoms with Crippen LogP contribution in [-0.2, 0) is 0 Å². The molecule has 0 aliphatic rings. The Morgan fingerprint density at radius 1 is 1.27 bits per heavy atom. The van der Waals surface area contributed by atoms with Gasteiger partial charge in [-0.05, 0) is 25.0 Å². The quantitative estimate of drug-likeness (QED) is 0.622. The minimum Gasteiger partial charge on any atom is -0.0985 e. The molecule has 0 aromatic rings. The Balaban J connectivity index is 4.90. The van der Waals surface area contributed by atoms with E-state index in [-0.39, 0.29) is 0 Å². The zero-order valence-corrected chi connectivity index (χ0v) is 8.61. The molecule has 11 heavy (non-hydrogen) atoms. The molecular formula is C10H13Br. The van der Waals surface area contributed by atoms with E-state index in [9.17, 15) is 0 Å². The molecule has 0 nitrogen and oxygen atoms in total. The third kappa shape index (κ3) is 2.89. The van der Waals surface area contributed by atoms with Gasteiger partial charge in [-0.3, -0.25) is 0 Å². The highest BCUT2D eigenvalue weighted by molar-refractivity contribution is 9.12. The zero-order chi connectivity index (χ0) is 8.85. The van der Waals surface area contributed by atoms with Gasteiger partial charge in [0.1, 0.15) is 0 Å². The number of halogens is 1. The van der Waals surface area contributed by atoms with Gasteiger partial charge < -0.3 is 0 Å². The zero-order valence-electron chi connectivity index (χ0n) is 7.02. The summed E-state index contributed by atoms with van der Waals surface area (Å²) in [5, 5.41) is 0. The Morgan fingerprint density at radius 2 is 1.73 bits per heavy atom. The lowest BCUT2D eigenvalue weighted by atomic mass is 10.1. The van der Waals surface area contributed by atoms with E-state index >= 15 is 0 Å². The van der Waals surface area contributed by atoms with Gasteiger partial charge in [0, 0.05) is 4.48 Å². The van der Waals surface area contributed by atoms with E-state index in [1.165, 1.54) is 0 Å². The Morgan fingerprint density at radius 3 is 2.00 bits per heavy atom.